The van der Waals surface area contributed by atoms with Gasteiger partial charge in [-0.2, -0.15) is 0 Å². The summed E-state index contributed by atoms with van der Waals surface area (Å²) in [6.07, 6.45) is 3.41. The van der Waals surface area contributed by atoms with E-state index >= 15 is 0 Å². The van der Waals surface area contributed by atoms with E-state index in [2.05, 4.69) is 4.98 Å². The monoisotopic (exact) mass is 438 g/mol. The fourth-order valence-electron chi connectivity index (χ4n) is 1.89. The van der Waals surface area contributed by atoms with Crippen molar-refractivity contribution in [1.82, 2.24) is 0 Å². The minimum atomic E-state index is -0.613. The predicted octanol–water partition coefficient (Wildman–Crippen LogP) is 5.59. The molecule has 0 radical (unpaired) electrons. The maximum absolute atomic E-state index is 11.1. The van der Waals surface area contributed by atoms with Crippen LogP contribution >= 0.6 is 58.0 Å². The smallest absolute Gasteiger partial charge is 0.277 e. The Bertz CT molecular complexity index is 855. The third-order valence-corrected chi connectivity index (χ3v) is 5.31. The van der Waals surface area contributed by atoms with Crippen molar-refractivity contribution in [2.75, 3.05) is 0 Å². The van der Waals surface area contributed by atoms with Gasteiger partial charge in [0, 0.05) is 12.1 Å². The Morgan fingerprint density at radius 1 is 0.880 bits per heavy atom. The molecule has 2 aromatic carbocycles. The number of fused-ring (bicyclic) bond motifs is 1. The number of hydrogen-bond acceptors (Lipinski definition) is 3. The van der Waals surface area contributed by atoms with Crippen molar-refractivity contribution in [3.05, 3.63) is 71.9 Å². The van der Waals surface area contributed by atoms with Gasteiger partial charge in [-0.3, -0.25) is 10.1 Å². The molecule has 3 aromatic rings. The van der Waals surface area contributed by atoms with Gasteiger partial charge in [0.05, 0.1) is 40.8 Å². The molecule has 0 amide bonds. The van der Waals surface area contributed by atoms with E-state index in [0.717, 1.165) is 5.39 Å². The minimum absolute atomic E-state index is 0.00654. The van der Waals surface area contributed by atoms with Gasteiger partial charge in [0.25, 0.3) is 5.69 Å². The molecule has 1 N–H and O–H groups in total. The standard InChI is InChI=1S/C9H6N2O2.C6HCl5O/c12-11(13)9-3-1-2-7-6-10-5-4-8(7)9;7-1-2(8)4(10)6(12)5(11)3(1)9/h1-6H;12H. The van der Waals surface area contributed by atoms with Crippen LogP contribution in [0.15, 0.2) is 36.7 Å². The van der Waals surface area contributed by atoms with Crippen LogP contribution in [0.4, 0.5) is 5.69 Å². The molecule has 0 unspecified atom stereocenters. The van der Waals surface area contributed by atoms with Gasteiger partial charge in [-0.05, 0) is 6.07 Å². The number of non-ortho nitro benzene ring substituents is 1. The van der Waals surface area contributed by atoms with Crippen molar-refractivity contribution in [2.24, 2.45) is 0 Å². The highest BCUT2D eigenvalue weighted by molar-refractivity contribution is 6.55. The van der Waals surface area contributed by atoms with Gasteiger partial charge < -0.3 is 5.11 Å². The molecule has 0 spiro atoms. The second kappa shape index (κ2) is 8.25. The third-order valence-electron chi connectivity index (χ3n) is 3.07. The summed E-state index contributed by atoms with van der Waals surface area (Å²) in [4.78, 5) is 13.1. The van der Waals surface area contributed by atoms with Gasteiger partial charge >= 0.3 is 0 Å². The number of nitro groups is 1. The minimum Gasteiger partial charge on any atom is -0.870 e. The molecule has 0 fully saturated rings. The number of nitro benzene ring substituents is 1. The number of hydrogen-bond donors (Lipinski definition) is 0. The van der Waals surface area contributed by atoms with Gasteiger partial charge in [-0.1, -0.05) is 69.8 Å². The van der Waals surface area contributed by atoms with Crippen LogP contribution in [0.2, 0.25) is 25.1 Å². The number of H-pyrrole nitrogens is 1. The topological polar surface area (TPSA) is 80.3 Å². The summed E-state index contributed by atoms with van der Waals surface area (Å²) in [5.41, 5.74) is 0.145. The fourth-order valence-corrected chi connectivity index (χ4v) is 3.01. The van der Waals surface area contributed by atoms with Crippen molar-refractivity contribution in [3.8, 4) is 5.75 Å². The first kappa shape index (κ1) is 19.8. The first-order valence-corrected chi connectivity index (χ1v) is 8.36. The van der Waals surface area contributed by atoms with E-state index in [1.54, 1.807) is 24.5 Å². The largest absolute Gasteiger partial charge is 0.870 e. The van der Waals surface area contributed by atoms with Crippen LogP contribution in [0.3, 0.4) is 0 Å². The summed E-state index contributed by atoms with van der Waals surface area (Å²) < 4.78 is 0. The van der Waals surface area contributed by atoms with E-state index in [1.807, 2.05) is 6.07 Å². The molecule has 0 bridgehead atoms. The van der Waals surface area contributed by atoms with Crippen LogP contribution in [0.25, 0.3) is 10.8 Å². The van der Waals surface area contributed by atoms with Gasteiger partial charge in [0.2, 0.25) is 0 Å². The third kappa shape index (κ3) is 4.19. The number of benzene rings is 2. The van der Waals surface area contributed by atoms with Crippen LogP contribution in [-0.2, 0) is 0 Å². The molecule has 25 heavy (non-hydrogen) atoms. The van der Waals surface area contributed by atoms with Crippen molar-refractivity contribution in [1.29, 1.82) is 0 Å². The average Bonchev–Trinajstić information content (AvgIpc) is 2.63. The molecule has 0 saturated heterocycles. The number of rotatable bonds is 1. The summed E-state index contributed by atoms with van der Waals surface area (Å²) >= 11 is 27.7. The number of nitrogens with one attached hydrogen (secondary N) is 1. The highest BCUT2D eigenvalue weighted by Crippen LogP contribution is 2.46. The summed E-state index contributed by atoms with van der Waals surface area (Å²) in [6, 6.07) is 6.71. The number of aromatic nitrogens is 1. The molecule has 0 aliphatic carbocycles. The second-order valence-corrected chi connectivity index (χ2v) is 6.47. The predicted molar refractivity (Wildman–Crippen MR) is 98.1 cm³/mol. The molecular weight excluding hydrogens is 433 g/mol. The van der Waals surface area contributed by atoms with Crippen LogP contribution in [0, 0.1) is 10.1 Å². The van der Waals surface area contributed by atoms with E-state index in [0.29, 0.717) is 5.39 Å². The Kier molecular flexibility index (Phi) is 6.54. The van der Waals surface area contributed by atoms with Gasteiger partial charge in [-0.15, -0.1) is 0 Å². The summed E-state index contributed by atoms with van der Waals surface area (Å²) in [5.74, 6) is -0.613. The molecule has 1 heterocycles. The number of pyridine rings is 1. The molecule has 5 nitrogen and oxygen atoms in total. The zero-order chi connectivity index (χ0) is 18.7. The van der Waals surface area contributed by atoms with Crippen molar-refractivity contribution >= 4 is 74.5 Å². The van der Waals surface area contributed by atoms with Crippen LogP contribution in [-0.4, -0.2) is 4.92 Å². The fraction of sp³-hybridized carbons (Fsp3) is 0. The molecule has 0 aliphatic rings. The van der Waals surface area contributed by atoms with E-state index < -0.39 is 5.75 Å². The molecule has 1 aromatic heterocycles. The van der Waals surface area contributed by atoms with Crippen LogP contribution in [0.1, 0.15) is 0 Å². The molecule has 0 atom stereocenters. The Morgan fingerprint density at radius 2 is 1.44 bits per heavy atom. The molecular formula is C15H7Cl5N2O3. The Balaban J connectivity index is 0.000000181. The first-order chi connectivity index (χ1) is 11.8. The van der Waals surface area contributed by atoms with Gasteiger partial charge in [0.15, 0.2) is 12.4 Å². The summed E-state index contributed by atoms with van der Waals surface area (Å²) in [7, 11) is 0. The number of halogens is 5. The van der Waals surface area contributed by atoms with Crippen LogP contribution < -0.4 is 10.1 Å². The highest BCUT2D eigenvalue weighted by atomic mass is 35.5. The molecule has 3 rings (SSSR count). The lowest BCUT2D eigenvalue weighted by atomic mass is 10.1. The van der Waals surface area contributed by atoms with E-state index in [4.69, 9.17) is 58.0 Å². The Labute approximate surface area is 166 Å². The Morgan fingerprint density at radius 3 is 2.00 bits per heavy atom. The van der Waals surface area contributed by atoms with Crippen LogP contribution in [0.5, 0.6) is 5.75 Å². The molecule has 130 valence electrons. The molecule has 10 heteroatoms. The maximum atomic E-state index is 11.1. The summed E-state index contributed by atoms with van der Waals surface area (Å²) in [5, 5.41) is 22.6. The average molecular weight is 440 g/mol. The number of aromatic amines is 1. The van der Waals surface area contributed by atoms with Crippen molar-refractivity contribution in [2.45, 2.75) is 0 Å². The van der Waals surface area contributed by atoms with E-state index in [9.17, 15) is 15.2 Å². The zero-order valence-corrected chi connectivity index (χ0v) is 15.8. The lowest BCUT2D eigenvalue weighted by Crippen LogP contribution is -1.98. The second-order valence-electron chi connectivity index (χ2n) is 4.58. The quantitative estimate of drug-likeness (QED) is 0.214. The summed E-state index contributed by atoms with van der Waals surface area (Å²) in [6.45, 7) is 0. The lowest BCUT2D eigenvalue weighted by Gasteiger charge is -2.14. The number of nitrogens with zero attached hydrogens (tertiary/aromatic N) is 1. The lowest BCUT2D eigenvalue weighted by molar-refractivity contribution is -0.384. The van der Waals surface area contributed by atoms with E-state index in [-0.39, 0.29) is 35.7 Å². The van der Waals surface area contributed by atoms with Crippen molar-refractivity contribution in [3.63, 3.8) is 0 Å². The van der Waals surface area contributed by atoms with Gasteiger partial charge in [-0.25, -0.2) is 4.98 Å². The SMILES string of the molecule is O=[N+]([O-])c1cccc2c[nH+]ccc12.[O-]c1c(Cl)c(Cl)c(Cl)c(Cl)c1Cl. The normalized spacial score (nSPS) is 10.3. The molecule has 0 saturated carbocycles. The van der Waals surface area contributed by atoms with Crippen molar-refractivity contribution < 1.29 is 15.0 Å². The maximum Gasteiger partial charge on any atom is 0.277 e. The zero-order valence-electron chi connectivity index (χ0n) is 12.0. The van der Waals surface area contributed by atoms with E-state index in [1.165, 1.54) is 6.07 Å². The highest BCUT2D eigenvalue weighted by Gasteiger charge is 2.13. The molecule has 0 aliphatic heterocycles. The Hall–Kier alpha value is -1.50. The first-order valence-electron chi connectivity index (χ1n) is 6.47. The van der Waals surface area contributed by atoms with Gasteiger partial charge in [0.1, 0.15) is 0 Å².